The zero-order valence-electron chi connectivity index (χ0n) is 14.4. The lowest BCUT2D eigenvalue weighted by molar-refractivity contribution is -0.117. The van der Waals surface area contributed by atoms with Gasteiger partial charge >= 0.3 is 0 Å². The van der Waals surface area contributed by atoms with Gasteiger partial charge in [0.05, 0.1) is 5.70 Å². The molecule has 0 saturated carbocycles. The standard InChI is InChI=1S/C18H24FN3O2/c1-11-13(7-12(9-23)8-14(11)19)15(20)5-6-16(21)17(24)22-10-18(2,3)4/h5-9H,10,20-21H2,1-4H3,(H,22,24)/b15-5-,16-6-. The second-order valence-electron chi connectivity index (χ2n) is 6.78. The summed E-state index contributed by atoms with van der Waals surface area (Å²) in [6.07, 6.45) is 3.32. The Hall–Kier alpha value is -2.63. The van der Waals surface area contributed by atoms with Crippen LogP contribution in [0.25, 0.3) is 5.70 Å². The van der Waals surface area contributed by atoms with Crippen molar-refractivity contribution in [2.75, 3.05) is 6.54 Å². The van der Waals surface area contributed by atoms with Crippen molar-refractivity contribution in [2.24, 2.45) is 16.9 Å². The topological polar surface area (TPSA) is 98.2 Å². The van der Waals surface area contributed by atoms with Crippen molar-refractivity contribution in [3.63, 3.8) is 0 Å². The number of carbonyl (C=O) groups is 2. The predicted octanol–water partition coefficient (Wildman–Crippen LogP) is 2.25. The van der Waals surface area contributed by atoms with E-state index in [1.807, 2.05) is 20.8 Å². The van der Waals surface area contributed by atoms with E-state index in [9.17, 15) is 14.0 Å². The van der Waals surface area contributed by atoms with Gasteiger partial charge in [0.25, 0.3) is 5.91 Å². The zero-order chi connectivity index (χ0) is 18.5. The Kier molecular flexibility index (Phi) is 6.28. The van der Waals surface area contributed by atoms with Gasteiger partial charge < -0.3 is 16.8 Å². The van der Waals surface area contributed by atoms with Crippen LogP contribution in [0.4, 0.5) is 4.39 Å². The number of halogens is 1. The molecule has 24 heavy (non-hydrogen) atoms. The summed E-state index contributed by atoms with van der Waals surface area (Å²) in [6.45, 7) is 8.00. The molecule has 0 radical (unpaired) electrons. The second kappa shape index (κ2) is 7.77. The van der Waals surface area contributed by atoms with Crippen molar-refractivity contribution in [3.8, 4) is 0 Å². The number of nitrogens with two attached hydrogens (primary N) is 2. The molecule has 1 rings (SSSR count). The van der Waals surface area contributed by atoms with E-state index in [0.717, 1.165) is 6.07 Å². The smallest absolute Gasteiger partial charge is 0.267 e. The third kappa shape index (κ3) is 5.53. The Morgan fingerprint density at radius 2 is 1.88 bits per heavy atom. The first-order valence-electron chi connectivity index (χ1n) is 7.52. The molecule has 0 aliphatic heterocycles. The lowest BCUT2D eigenvalue weighted by Crippen LogP contribution is -2.35. The number of allylic oxidation sites excluding steroid dienone is 2. The number of hydrogen-bond acceptors (Lipinski definition) is 4. The monoisotopic (exact) mass is 333 g/mol. The van der Waals surface area contributed by atoms with Gasteiger partial charge in [-0.05, 0) is 42.2 Å². The van der Waals surface area contributed by atoms with Gasteiger partial charge in [0.15, 0.2) is 0 Å². The molecule has 1 amide bonds. The van der Waals surface area contributed by atoms with Crippen LogP contribution in [0, 0.1) is 18.2 Å². The van der Waals surface area contributed by atoms with Crippen LogP contribution >= 0.6 is 0 Å². The third-order valence-electron chi connectivity index (χ3n) is 3.30. The van der Waals surface area contributed by atoms with Crippen molar-refractivity contribution < 1.29 is 14.0 Å². The normalized spacial score (nSPS) is 12.9. The fraction of sp³-hybridized carbons (Fsp3) is 0.333. The highest BCUT2D eigenvalue weighted by Crippen LogP contribution is 2.20. The number of carbonyl (C=O) groups excluding carboxylic acids is 2. The molecule has 5 nitrogen and oxygen atoms in total. The number of rotatable bonds is 5. The van der Waals surface area contributed by atoms with Crippen LogP contribution in [0.2, 0.25) is 0 Å². The number of aldehydes is 1. The molecule has 0 saturated heterocycles. The van der Waals surface area contributed by atoms with Crippen LogP contribution in [0.5, 0.6) is 0 Å². The van der Waals surface area contributed by atoms with E-state index in [0.29, 0.717) is 24.0 Å². The maximum atomic E-state index is 13.8. The maximum absolute atomic E-state index is 13.8. The summed E-state index contributed by atoms with van der Waals surface area (Å²) in [5, 5.41) is 2.72. The molecule has 5 N–H and O–H groups in total. The first kappa shape index (κ1) is 19.4. The van der Waals surface area contributed by atoms with E-state index in [1.54, 1.807) is 6.92 Å². The molecular weight excluding hydrogens is 309 g/mol. The highest BCUT2D eigenvalue weighted by Gasteiger charge is 2.13. The molecule has 0 aliphatic rings. The molecule has 0 spiro atoms. The molecule has 0 atom stereocenters. The van der Waals surface area contributed by atoms with E-state index in [2.05, 4.69) is 5.32 Å². The van der Waals surface area contributed by atoms with Crippen molar-refractivity contribution in [1.29, 1.82) is 0 Å². The van der Waals surface area contributed by atoms with Crippen LogP contribution in [-0.4, -0.2) is 18.7 Å². The largest absolute Gasteiger partial charge is 0.398 e. The molecule has 1 aromatic rings. The van der Waals surface area contributed by atoms with Gasteiger partial charge in [0.1, 0.15) is 12.1 Å². The van der Waals surface area contributed by atoms with Crippen LogP contribution in [-0.2, 0) is 4.79 Å². The fourth-order valence-electron chi connectivity index (χ4n) is 1.86. The predicted molar refractivity (Wildman–Crippen MR) is 93.4 cm³/mol. The Labute approximate surface area is 141 Å². The van der Waals surface area contributed by atoms with Gasteiger partial charge in [-0.3, -0.25) is 9.59 Å². The van der Waals surface area contributed by atoms with E-state index >= 15 is 0 Å². The lowest BCUT2D eigenvalue weighted by Gasteiger charge is -2.18. The molecule has 6 heteroatoms. The zero-order valence-corrected chi connectivity index (χ0v) is 14.4. The van der Waals surface area contributed by atoms with E-state index in [4.69, 9.17) is 11.5 Å². The lowest BCUT2D eigenvalue weighted by atomic mass is 9.97. The minimum atomic E-state index is -0.522. The van der Waals surface area contributed by atoms with Gasteiger partial charge in [0, 0.05) is 23.4 Å². The molecular formula is C18H24FN3O2. The molecule has 0 aliphatic carbocycles. The van der Waals surface area contributed by atoms with Gasteiger partial charge in [-0.15, -0.1) is 0 Å². The van der Waals surface area contributed by atoms with Crippen LogP contribution in [0.1, 0.15) is 42.3 Å². The van der Waals surface area contributed by atoms with Crippen molar-refractivity contribution in [2.45, 2.75) is 27.7 Å². The Morgan fingerprint density at radius 1 is 1.25 bits per heavy atom. The Bertz CT molecular complexity index is 701. The minimum absolute atomic E-state index is 0.00753. The van der Waals surface area contributed by atoms with Gasteiger partial charge in [-0.25, -0.2) is 4.39 Å². The fourth-order valence-corrected chi connectivity index (χ4v) is 1.86. The molecule has 0 bridgehead atoms. The van der Waals surface area contributed by atoms with Gasteiger partial charge in [-0.2, -0.15) is 0 Å². The first-order chi connectivity index (χ1) is 11.0. The number of benzene rings is 1. The summed E-state index contributed by atoms with van der Waals surface area (Å²) in [5.41, 5.74) is 12.7. The van der Waals surface area contributed by atoms with E-state index in [-0.39, 0.29) is 22.4 Å². The van der Waals surface area contributed by atoms with E-state index < -0.39 is 11.7 Å². The molecule has 1 aromatic carbocycles. The summed E-state index contributed by atoms with van der Waals surface area (Å²) < 4.78 is 13.8. The van der Waals surface area contributed by atoms with Crippen molar-refractivity contribution in [3.05, 3.63) is 52.5 Å². The van der Waals surface area contributed by atoms with Gasteiger partial charge in [0.2, 0.25) is 0 Å². The molecule has 0 unspecified atom stereocenters. The van der Waals surface area contributed by atoms with E-state index in [1.165, 1.54) is 18.2 Å². The summed E-state index contributed by atoms with van der Waals surface area (Å²) in [6, 6.07) is 2.63. The maximum Gasteiger partial charge on any atom is 0.267 e. The van der Waals surface area contributed by atoms with Gasteiger partial charge in [-0.1, -0.05) is 20.8 Å². The third-order valence-corrected chi connectivity index (χ3v) is 3.30. The van der Waals surface area contributed by atoms with Crippen molar-refractivity contribution >= 4 is 17.9 Å². The Morgan fingerprint density at radius 3 is 2.42 bits per heavy atom. The average Bonchev–Trinajstić information content (AvgIpc) is 2.51. The summed E-state index contributed by atoms with van der Waals surface area (Å²) in [7, 11) is 0. The molecule has 0 fully saturated rings. The Balaban J connectivity index is 2.99. The van der Waals surface area contributed by atoms with Crippen LogP contribution < -0.4 is 16.8 Å². The molecule has 0 heterocycles. The SMILES string of the molecule is Cc1c(F)cc(C=O)cc1/C(N)=C/C=C(\N)C(=O)NCC(C)(C)C. The van der Waals surface area contributed by atoms with Crippen LogP contribution in [0.15, 0.2) is 30.0 Å². The van der Waals surface area contributed by atoms with Crippen molar-refractivity contribution in [1.82, 2.24) is 5.32 Å². The molecule has 0 aromatic heterocycles. The summed E-state index contributed by atoms with van der Waals surface area (Å²) in [4.78, 5) is 22.7. The number of nitrogens with one attached hydrogen (secondary N) is 1. The summed E-state index contributed by atoms with van der Waals surface area (Å²) >= 11 is 0. The number of amides is 1. The highest BCUT2D eigenvalue weighted by atomic mass is 19.1. The average molecular weight is 333 g/mol. The number of hydrogen-bond donors (Lipinski definition) is 3. The summed E-state index contributed by atoms with van der Waals surface area (Å²) in [5.74, 6) is -0.927. The highest BCUT2D eigenvalue weighted by molar-refractivity contribution is 5.93. The van der Waals surface area contributed by atoms with Crippen LogP contribution in [0.3, 0.4) is 0 Å². The minimum Gasteiger partial charge on any atom is -0.398 e. The second-order valence-corrected chi connectivity index (χ2v) is 6.78. The first-order valence-corrected chi connectivity index (χ1v) is 7.52. The quantitative estimate of drug-likeness (QED) is 0.437. The molecule has 130 valence electrons.